The first-order valence-electron chi connectivity index (χ1n) is 8.03. The quantitative estimate of drug-likeness (QED) is 0.745. The van der Waals surface area contributed by atoms with Gasteiger partial charge in [-0.3, -0.25) is 0 Å². The maximum absolute atomic E-state index is 10.3. The van der Waals surface area contributed by atoms with Gasteiger partial charge in [-0.2, -0.15) is 0 Å². The van der Waals surface area contributed by atoms with Crippen molar-refractivity contribution in [1.29, 1.82) is 0 Å². The fourth-order valence-electron chi connectivity index (χ4n) is 2.57. The third-order valence-corrected chi connectivity index (χ3v) is 3.82. The van der Waals surface area contributed by atoms with Crippen molar-refractivity contribution in [1.82, 2.24) is 15.0 Å². The van der Waals surface area contributed by atoms with E-state index in [1.54, 1.807) is 12.1 Å². The molecule has 1 heterocycles. The smallest absolute Gasteiger partial charge is 0.146 e. The van der Waals surface area contributed by atoms with E-state index in [1.807, 2.05) is 30.3 Å². The average Bonchev–Trinajstić information content (AvgIpc) is 2.98. The van der Waals surface area contributed by atoms with Crippen LogP contribution in [0.4, 0.5) is 0 Å². The summed E-state index contributed by atoms with van der Waals surface area (Å²) in [6, 6.07) is 12.9. The number of phenolic OH excluding ortho intramolecular Hbond substituents is 1. The zero-order valence-electron chi connectivity index (χ0n) is 13.4. The highest BCUT2D eigenvalue weighted by molar-refractivity contribution is 5.73. The first-order valence-corrected chi connectivity index (χ1v) is 8.03. The van der Waals surface area contributed by atoms with Crippen LogP contribution in [0.15, 0.2) is 42.5 Å². The number of aromatic nitrogens is 3. The van der Waals surface area contributed by atoms with Crippen molar-refractivity contribution >= 4 is 11.0 Å². The summed E-state index contributed by atoms with van der Waals surface area (Å²) in [4.78, 5) is 1.45. The molecule has 1 aromatic heterocycles. The fraction of sp³-hybridized carbons (Fsp3) is 0.333. The topological polar surface area (TPSA) is 60.2 Å². The van der Waals surface area contributed by atoms with Crippen LogP contribution < -0.4 is 4.74 Å². The molecule has 0 aliphatic heterocycles. The summed E-state index contributed by atoms with van der Waals surface area (Å²) in [6.45, 7) is 4.24. The predicted octanol–water partition coefficient (Wildman–Crippen LogP) is 4.08. The third kappa shape index (κ3) is 3.28. The predicted molar refractivity (Wildman–Crippen MR) is 90.1 cm³/mol. The van der Waals surface area contributed by atoms with E-state index in [0.717, 1.165) is 30.3 Å². The molecule has 5 nitrogen and oxygen atoms in total. The van der Waals surface area contributed by atoms with E-state index in [2.05, 4.69) is 24.0 Å². The van der Waals surface area contributed by atoms with Gasteiger partial charge in [0.2, 0.25) is 0 Å². The SMILES string of the molecule is CCCC(CC)Oc1ccc(-n2nc3ccccc3n2)c(O)c1. The maximum atomic E-state index is 10.3. The van der Waals surface area contributed by atoms with Crippen molar-refractivity contribution in [3.05, 3.63) is 42.5 Å². The molecule has 0 aliphatic rings. The minimum atomic E-state index is 0.106. The lowest BCUT2D eigenvalue weighted by Gasteiger charge is -2.17. The fourth-order valence-corrected chi connectivity index (χ4v) is 2.57. The highest BCUT2D eigenvalue weighted by Gasteiger charge is 2.12. The Balaban J connectivity index is 1.86. The molecule has 0 fully saturated rings. The molecule has 23 heavy (non-hydrogen) atoms. The number of rotatable bonds is 6. The van der Waals surface area contributed by atoms with Crippen molar-refractivity contribution < 1.29 is 9.84 Å². The zero-order chi connectivity index (χ0) is 16.2. The number of ether oxygens (including phenoxy) is 1. The molecule has 0 radical (unpaired) electrons. The molecular formula is C18H21N3O2. The molecular weight excluding hydrogens is 290 g/mol. The second-order valence-corrected chi connectivity index (χ2v) is 5.57. The van der Waals surface area contributed by atoms with E-state index < -0.39 is 0 Å². The van der Waals surface area contributed by atoms with E-state index in [9.17, 15) is 5.11 Å². The van der Waals surface area contributed by atoms with Gasteiger partial charge in [-0.1, -0.05) is 32.4 Å². The monoisotopic (exact) mass is 311 g/mol. The molecule has 0 amide bonds. The van der Waals surface area contributed by atoms with Gasteiger partial charge in [0, 0.05) is 6.07 Å². The Bertz CT molecular complexity index is 765. The second-order valence-electron chi connectivity index (χ2n) is 5.57. The number of phenols is 1. The maximum Gasteiger partial charge on any atom is 0.146 e. The number of hydrogen-bond acceptors (Lipinski definition) is 4. The summed E-state index contributed by atoms with van der Waals surface area (Å²) in [5.74, 6) is 0.775. The van der Waals surface area contributed by atoms with Crippen LogP contribution in [-0.4, -0.2) is 26.2 Å². The van der Waals surface area contributed by atoms with Crippen molar-refractivity contribution in [3.8, 4) is 17.2 Å². The van der Waals surface area contributed by atoms with Gasteiger partial charge in [-0.05, 0) is 37.1 Å². The van der Waals surface area contributed by atoms with Crippen LogP contribution in [-0.2, 0) is 0 Å². The lowest BCUT2D eigenvalue weighted by atomic mass is 10.1. The minimum Gasteiger partial charge on any atom is -0.505 e. The Labute approximate surface area is 135 Å². The summed E-state index contributed by atoms with van der Waals surface area (Å²) in [6.07, 6.45) is 3.20. The van der Waals surface area contributed by atoms with E-state index in [-0.39, 0.29) is 11.9 Å². The summed E-state index contributed by atoms with van der Waals surface area (Å²) in [7, 11) is 0. The van der Waals surface area contributed by atoms with Gasteiger partial charge in [-0.25, -0.2) is 0 Å². The molecule has 1 unspecified atom stereocenters. The lowest BCUT2D eigenvalue weighted by Crippen LogP contribution is -2.14. The molecule has 0 saturated carbocycles. The van der Waals surface area contributed by atoms with Crippen LogP contribution in [0.5, 0.6) is 11.5 Å². The third-order valence-electron chi connectivity index (χ3n) is 3.82. The number of hydrogen-bond donors (Lipinski definition) is 1. The van der Waals surface area contributed by atoms with Gasteiger partial charge < -0.3 is 9.84 Å². The molecule has 0 spiro atoms. The molecule has 1 N–H and O–H groups in total. The Morgan fingerprint density at radius 1 is 1.09 bits per heavy atom. The van der Waals surface area contributed by atoms with Gasteiger partial charge in [-0.15, -0.1) is 15.0 Å². The largest absolute Gasteiger partial charge is 0.505 e. The van der Waals surface area contributed by atoms with Crippen LogP contribution >= 0.6 is 0 Å². The normalized spacial score (nSPS) is 12.4. The Kier molecular flexibility index (Phi) is 4.46. The molecule has 3 aromatic rings. The zero-order valence-corrected chi connectivity index (χ0v) is 13.4. The van der Waals surface area contributed by atoms with Crippen LogP contribution in [0.1, 0.15) is 33.1 Å². The Morgan fingerprint density at radius 3 is 2.35 bits per heavy atom. The van der Waals surface area contributed by atoms with E-state index in [0.29, 0.717) is 11.4 Å². The van der Waals surface area contributed by atoms with Gasteiger partial charge in [0.25, 0.3) is 0 Å². The van der Waals surface area contributed by atoms with Crippen LogP contribution in [0, 0.1) is 0 Å². The number of benzene rings is 2. The summed E-state index contributed by atoms with van der Waals surface area (Å²) in [5.41, 5.74) is 2.12. The lowest BCUT2D eigenvalue weighted by molar-refractivity contribution is 0.185. The molecule has 120 valence electrons. The second kappa shape index (κ2) is 6.69. The molecule has 0 aliphatic carbocycles. The molecule has 2 aromatic carbocycles. The summed E-state index contributed by atoms with van der Waals surface area (Å²) >= 11 is 0. The number of aromatic hydroxyl groups is 1. The molecule has 1 atom stereocenters. The Morgan fingerprint density at radius 2 is 1.78 bits per heavy atom. The number of nitrogens with zero attached hydrogens (tertiary/aromatic N) is 3. The number of fused-ring (bicyclic) bond motifs is 1. The van der Waals surface area contributed by atoms with Crippen molar-refractivity contribution in [2.75, 3.05) is 0 Å². The highest BCUT2D eigenvalue weighted by Crippen LogP contribution is 2.28. The van der Waals surface area contributed by atoms with Gasteiger partial charge >= 0.3 is 0 Å². The Hall–Kier alpha value is -2.56. The summed E-state index contributed by atoms with van der Waals surface area (Å²) in [5, 5.41) is 19.1. The minimum absolute atomic E-state index is 0.106. The molecule has 5 heteroatoms. The first-order chi connectivity index (χ1) is 11.2. The van der Waals surface area contributed by atoms with Gasteiger partial charge in [0.15, 0.2) is 0 Å². The van der Waals surface area contributed by atoms with Crippen molar-refractivity contribution in [3.63, 3.8) is 0 Å². The molecule has 0 saturated heterocycles. The van der Waals surface area contributed by atoms with E-state index in [4.69, 9.17) is 4.74 Å². The molecule has 3 rings (SSSR count). The van der Waals surface area contributed by atoms with Crippen LogP contribution in [0.3, 0.4) is 0 Å². The van der Waals surface area contributed by atoms with Gasteiger partial charge in [0.05, 0.1) is 6.10 Å². The summed E-state index contributed by atoms with van der Waals surface area (Å²) < 4.78 is 5.92. The van der Waals surface area contributed by atoms with Crippen LogP contribution in [0.2, 0.25) is 0 Å². The van der Waals surface area contributed by atoms with Crippen LogP contribution in [0.25, 0.3) is 16.7 Å². The van der Waals surface area contributed by atoms with Crippen molar-refractivity contribution in [2.45, 2.75) is 39.2 Å². The highest BCUT2D eigenvalue weighted by atomic mass is 16.5. The van der Waals surface area contributed by atoms with E-state index in [1.165, 1.54) is 4.80 Å². The first kappa shape index (κ1) is 15.3. The van der Waals surface area contributed by atoms with Gasteiger partial charge in [0.1, 0.15) is 28.2 Å². The van der Waals surface area contributed by atoms with Crippen molar-refractivity contribution in [2.24, 2.45) is 0 Å². The standard InChI is InChI=1S/C18H21N3O2/c1-3-7-13(4-2)23-14-10-11-17(18(22)12-14)21-19-15-8-5-6-9-16(15)20-21/h5-6,8-13,22H,3-4,7H2,1-2H3. The molecule has 0 bridgehead atoms. The average molecular weight is 311 g/mol. The van der Waals surface area contributed by atoms with E-state index >= 15 is 0 Å².